The first-order chi connectivity index (χ1) is 11.4. The second-order valence-corrected chi connectivity index (χ2v) is 8.23. The Kier molecular flexibility index (Phi) is 4.69. The zero-order valence-corrected chi connectivity index (χ0v) is 14.8. The standard InChI is InChI=1S/C16H23N3O4S/c1-17-9-11-18(12-10-17)16(20)15-7-8-19(24(2,21)22)13-5-3-4-6-14(13)23-15/h3-6,15H,7-12H2,1-2H3. The number of amides is 1. The summed E-state index contributed by atoms with van der Waals surface area (Å²) in [6.07, 6.45) is 0.862. The molecular weight excluding hydrogens is 330 g/mol. The Labute approximate surface area is 142 Å². The van der Waals surface area contributed by atoms with Gasteiger partial charge in [0.25, 0.3) is 5.91 Å². The second-order valence-electron chi connectivity index (χ2n) is 6.33. The van der Waals surface area contributed by atoms with E-state index in [1.165, 1.54) is 10.6 Å². The van der Waals surface area contributed by atoms with Crippen molar-refractivity contribution in [2.75, 3.05) is 50.3 Å². The smallest absolute Gasteiger partial charge is 0.263 e. The number of anilines is 1. The van der Waals surface area contributed by atoms with Crippen molar-refractivity contribution >= 4 is 21.6 Å². The highest BCUT2D eigenvalue weighted by atomic mass is 32.2. The van der Waals surface area contributed by atoms with Crippen molar-refractivity contribution in [3.8, 4) is 5.75 Å². The molecule has 1 unspecified atom stereocenters. The van der Waals surface area contributed by atoms with Gasteiger partial charge in [0.15, 0.2) is 6.10 Å². The molecule has 8 heteroatoms. The van der Waals surface area contributed by atoms with Crippen molar-refractivity contribution in [2.24, 2.45) is 0 Å². The molecule has 2 heterocycles. The molecule has 7 nitrogen and oxygen atoms in total. The Morgan fingerprint density at radius 3 is 2.46 bits per heavy atom. The van der Waals surface area contributed by atoms with E-state index in [2.05, 4.69) is 4.90 Å². The monoisotopic (exact) mass is 353 g/mol. The van der Waals surface area contributed by atoms with Crippen LogP contribution in [0.1, 0.15) is 6.42 Å². The first-order valence-corrected chi connectivity index (χ1v) is 9.92. The largest absolute Gasteiger partial charge is 0.478 e. The molecule has 0 spiro atoms. The maximum absolute atomic E-state index is 12.8. The SMILES string of the molecule is CN1CCN(C(=O)C2CCN(S(C)(=O)=O)c3ccccc3O2)CC1. The molecular formula is C16H23N3O4S. The number of nitrogens with zero attached hydrogens (tertiary/aromatic N) is 3. The first-order valence-electron chi connectivity index (χ1n) is 8.07. The lowest BCUT2D eigenvalue weighted by molar-refractivity contribution is -0.140. The minimum Gasteiger partial charge on any atom is -0.478 e. The van der Waals surface area contributed by atoms with Crippen LogP contribution < -0.4 is 9.04 Å². The van der Waals surface area contributed by atoms with Gasteiger partial charge in [-0.05, 0) is 19.2 Å². The Hall–Kier alpha value is -1.80. The summed E-state index contributed by atoms with van der Waals surface area (Å²) in [7, 11) is -1.39. The van der Waals surface area contributed by atoms with Gasteiger partial charge in [-0.15, -0.1) is 0 Å². The number of para-hydroxylation sites is 2. The highest BCUT2D eigenvalue weighted by Crippen LogP contribution is 2.34. The number of benzene rings is 1. The number of sulfonamides is 1. The number of hydrogen-bond acceptors (Lipinski definition) is 5. The van der Waals surface area contributed by atoms with Gasteiger partial charge in [-0.2, -0.15) is 0 Å². The molecule has 24 heavy (non-hydrogen) atoms. The zero-order valence-electron chi connectivity index (χ0n) is 14.0. The third-order valence-electron chi connectivity index (χ3n) is 4.49. The summed E-state index contributed by atoms with van der Waals surface area (Å²) in [6.45, 7) is 3.26. The predicted octanol–water partition coefficient (Wildman–Crippen LogP) is 0.378. The molecule has 132 valence electrons. The van der Waals surface area contributed by atoms with Crippen LogP contribution in [0.5, 0.6) is 5.75 Å². The fourth-order valence-corrected chi connectivity index (χ4v) is 4.02. The first kappa shape index (κ1) is 17.0. The Balaban J connectivity index is 1.83. The van der Waals surface area contributed by atoms with Crippen LogP contribution in [0.25, 0.3) is 0 Å². The molecule has 0 N–H and O–H groups in total. The average molecular weight is 353 g/mol. The summed E-state index contributed by atoms with van der Waals surface area (Å²) in [5.74, 6) is 0.376. The van der Waals surface area contributed by atoms with E-state index >= 15 is 0 Å². The second kappa shape index (κ2) is 6.60. The minimum absolute atomic E-state index is 0.0618. The summed E-state index contributed by atoms with van der Waals surface area (Å²) in [5.41, 5.74) is 0.494. The molecule has 0 bridgehead atoms. The van der Waals surface area contributed by atoms with Crippen molar-refractivity contribution in [1.82, 2.24) is 9.80 Å². The molecule has 1 aromatic rings. The topological polar surface area (TPSA) is 70.2 Å². The van der Waals surface area contributed by atoms with Crippen molar-refractivity contribution in [1.29, 1.82) is 0 Å². The van der Waals surface area contributed by atoms with Crippen LogP contribution in [0.15, 0.2) is 24.3 Å². The molecule has 3 rings (SSSR count). The van der Waals surface area contributed by atoms with Crippen molar-refractivity contribution in [3.63, 3.8) is 0 Å². The maximum Gasteiger partial charge on any atom is 0.263 e. The number of rotatable bonds is 2. The van der Waals surface area contributed by atoms with Crippen molar-refractivity contribution in [3.05, 3.63) is 24.3 Å². The van der Waals surface area contributed by atoms with Crippen LogP contribution in [0.3, 0.4) is 0 Å². The van der Waals surface area contributed by atoms with Crippen molar-refractivity contribution in [2.45, 2.75) is 12.5 Å². The lowest BCUT2D eigenvalue weighted by Crippen LogP contribution is -2.51. The van der Waals surface area contributed by atoms with E-state index in [0.717, 1.165) is 13.1 Å². The van der Waals surface area contributed by atoms with Gasteiger partial charge in [0.05, 0.1) is 11.9 Å². The number of fused-ring (bicyclic) bond motifs is 1. The molecule has 2 aliphatic rings. The molecule has 1 saturated heterocycles. The van der Waals surface area contributed by atoms with Gasteiger partial charge in [0.2, 0.25) is 10.0 Å². The molecule has 1 aromatic carbocycles. The van der Waals surface area contributed by atoms with Gasteiger partial charge in [-0.25, -0.2) is 8.42 Å². The van der Waals surface area contributed by atoms with E-state index in [9.17, 15) is 13.2 Å². The quantitative estimate of drug-likeness (QED) is 0.769. The van der Waals surface area contributed by atoms with Crippen LogP contribution in [0, 0.1) is 0 Å². The third kappa shape index (κ3) is 3.49. The van der Waals surface area contributed by atoms with Gasteiger partial charge in [0.1, 0.15) is 5.75 Å². The molecule has 1 fully saturated rings. The van der Waals surface area contributed by atoms with Gasteiger partial charge in [0, 0.05) is 39.1 Å². The third-order valence-corrected chi connectivity index (χ3v) is 5.67. The Morgan fingerprint density at radius 2 is 1.79 bits per heavy atom. The van der Waals surface area contributed by atoms with E-state index in [-0.39, 0.29) is 12.5 Å². The summed E-state index contributed by atoms with van der Waals surface area (Å²) in [4.78, 5) is 16.8. The van der Waals surface area contributed by atoms with Crippen LogP contribution in [-0.2, 0) is 14.8 Å². The van der Waals surface area contributed by atoms with Crippen LogP contribution >= 0.6 is 0 Å². The number of hydrogen-bond donors (Lipinski definition) is 0. The van der Waals surface area contributed by atoms with E-state index in [0.29, 0.717) is 30.9 Å². The Bertz CT molecular complexity index is 714. The lowest BCUT2D eigenvalue weighted by atomic mass is 10.2. The summed E-state index contributed by atoms with van der Waals surface area (Å²) in [6, 6.07) is 6.97. The van der Waals surface area contributed by atoms with Crippen molar-refractivity contribution < 1.29 is 17.9 Å². The molecule has 0 saturated carbocycles. The fraction of sp³-hybridized carbons (Fsp3) is 0.562. The molecule has 0 aliphatic carbocycles. The fourth-order valence-electron chi connectivity index (χ4n) is 3.08. The average Bonchev–Trinajstić information content (AvgIpc) is 2.74. The minimum atomic E-state index is -3.42. The molecule has 2 aliphatic heterocycles. The number of carbonyl (C=O) groups excluding carboxylic acids is 1. The van der Waals surface area contributed by atoms with E-state index in [4.69, 9.17) is 4.74 Å². The van der Waals surface area contributed by atoms with E-state index < -0.39 is 16.1 Å². The number of ether oxygens (including phenoxy) is 1. The van der Waals surface area contributed by atoms with Crippen LogP contribution in [0.4, 0.5) is 5.69 Å². The van der Waals surface area contributed by atoms with Crippen LogP contribution in [0.2, 0.25) is 0 Å². The predicted molar refractivity (Wildman–Crippen MR) is 91.7 cm³/mol. The molecule has 0 aromatic heterocycles. The van der Waals surface area contributed by atoms with Gasteiger partial charge in [-0.3, -0.25) is 9.10 Å². The van der Waals surface area contributed by atoms with Gasteiger partial charge in [-0.1, -0.05) is 12.1 Å². The summed E-state index contributed by atoms with van der Waals surface area (Å²) >= 11 is 0. The number of likely N-dealkylation sites (N-methyl/N-ethyl adjacent to an activating group) is 1. The number of carbonyl (C=O) groups is 1. The summed E-state index contributed by atoms with van der Waals surface area (Å²) < 4.78 is 31.4. The van der Waals surface area contributed by atoms with Gasteiger partial charge < -0.3 is 14.5 Å². The maximum atomic E-state index is 12.8. The molecule has 0 radical (unpaired) electrons. The Morgan fingerprint density at radius 1 is 1.12 bits per heavy atom. The zero-order chi connectivity index (χ0) is 17.3. The van der Waals surface area contributed by atoms with Crippen LogP contribution in [-0.4, -0.2) is 76.3 Å². The lowest BCUT2D eigenvalue weighted by Gasteiger charge is -2.34. The van der Waals surface area contributed by atoms with E-state index in [1.807, 2.05) is 11.9 Å². The highest BCUT2D eigenvalue weighted by molar-refractivity contribution is 7.92. The molecule has 1 atom stereocenters. The normalized spacial score (nSPS) is 22.5. The van der Waals surface area contributed by atoms with E-state index in [1.54, 1.807) is 24.3 Å². The molecule has 1 amide bonds. The number of piperazine rings is 1. The highest BCUT2D eigenvalue weighted by Gasteiger charge is 2.33. The summed E-state index contributed by atoms with van der Waals surface area (Å²) in [5, 5.41) is 0. The van der Waals surface area contributed by atoms with Gasteiger partial charge >= 0.3 is 0 Å².